The molecule has 118 valence electrons. The van der Waals surface area contributed by atoms with Crippen molar-refractivity contribution in [3.63, 3.8) is 0 Å². The van der Waals surface area contributed by atoms with Gasteiger partial charge in [-0.1, -0.05) is 18.2 Å². The molecule has 0 aliphatic carbocycles. The number of nitrogens with one attached hydrogen (secondary N) is 1. The van der Waals surface area contributed by atoms with Gasteiger partial charge in [-0.05, 0) is 42.5 Å². The lowest BCUT2D eigenvalue weighted by molar-refractivity contribution is 0.0957. The van der Waals surface area contributed by atoms with E-state index in [4.69, 9.17) is 0 Å². The number of rotatable bonds is 5. The Morgan fingerprint density at radius 2 is 2.17 bits per heavy atom. The van der Waals surface area contributed by atoms with Crippen LogP contribution < -0.4 is 5.32 Å². The molecule has 3 rings (SSSR count). The number of aromatic nitrogens is 1. The molecule has 0 unspecified atom stereocenters. The molecule has 2 aromatic heterocycles. The summed E-state index contributed by atoms with van der Waals surface area (Å²) < 4.78 is 13.1. The zero-order valence-electron chi connectivity index (χ0n) is 12.5. The second kappa shape index (κ2) is 7.02. The van der Waals surface area contributed by atoms with E-state index in [2.05, 4.69) is 10.3 Å². The third-order valence-corrected chi connectivity index (χ3v) is 5.52. The molecule has 0 fully saturated rings. The minimum Gasteiger partial charge on any atom is -0.351 e. The summed E-state index contributed by atoms with van der Waals surface area (Å²) in [5, 5.41) is 5.74. The standard InChI is InChI=1S/C17H15FN2OS2/c1-11-15(23-17(20-11)14-6-3-9-22-14)16(21)19-8-7-12-4-2-5-13(18)10-12/h2-6,9-10H,7-8H2,1H3,(H,19,21). The Hall–Kier alpha value is -2.05. The first-order chi connectivity index (χ1) is 11.1. The fourth-order valence-corrected chi connectivity index (χ4v) is 3.99. The molecule has 0 saturated carbocycles. The SMILES string of the molecule is Cc1nc(-c2cccs2)sc1C(=O)NCCc1cccc(F)c1. The van der Waals surface area contributed by atoms with Crippen molar-refractivity contribution in [3.8, 4) is 9.88 Å². The van der Waals surface area contributed by atoms with Crippen molar-refractivity contribution in [1.29, 1.82) is 0 Å². The van der Waals surface area contributed by atoms with Gasteiger partial charge in [0.05, 0.1) is 10.6 Å². The molecule has 1 amide bonds. The molecule has 0 aliphatic rings. The molecule has 23 heavy (non-hydrogen) atoms. The van der Waals surface area contributed by atoms with Crippen LogP contribution >= 0.6 is 22.7 Å². The average Bonchev–Trinajstić information content (AvgIpc) is 3.16. The highest BCUT2D eigenvalue weighted by Gasteiger charge is 2.16. The van der Waals surface area contributed by atoms with E-state index in [1.165, 1.54) is 23.5 Å². The Morgan fingerprint density at radius 1 is 1.30 bits per heavy atom. The van der Waals surface area contributed by atoms with Crippen LogP contribution in [0.25, 0.3) is 9.88 Å². The molecule has 0 spiro atoms. The van der Waals surface area contributed by atoms with Gasteiger partial charge in [0.2, 0.25) is 0 Å². The van der Waals surface area contributed by atoms with E-state index in [-0.39, 0.29) is 11.7 Å². The Balaban J connectivity index is 1.62. The van der Waals surface area contributed by atoms with Crippen LogP contribution in [0.15, 0.2) is 41.8 Å². The molecule has 0 bridgehead atoms. The van der Waals surface area contributed by atoms with E-state index >= 15 is 0 Å². The van der Waals surface area contributed by atoms with Crippen molar-refractivity contribution < 1.29 is 9.18 Å². The van der Waals surface area contributed by atoms with Crippen LogP contribution in [-0.4, -0.2) is 17.4 Å². The summed E-state index contributed by atoms with van der Waals surface area (Å²) in [5.74, 6) is -0.382. The van der Waals surface area contributed by atoms with Crippen LogP contribution in [0.1, 0.15) is 20.9 Å². The predicted molar refractivity (Wildman–Crippen MR) is 92.6 cm³/mol. The van der Waals surface area contributed by atoms with Crippen LogP contribution in [0, 0.1) is 12.7 Å². The first-order valence-corrected chi connectivity index (χ1v) is 8.87. The number of nitrogens with zero attached hydrogens (tertiary/aromatic N) is 1. The first kappa shape index (κ1) is 15.8. The number of carbonyl (C=O) groups is 1. The van der Waals surface area contributed by atoms with Crippen molar-refractivity contribution in [2.75, 3.05) is 6.54 Å². The van der Waals surface area contributed by atoms with E-state index in [0.29, 0.717) is 17.8 Å². The number of carbonyl (C=O) groups excluding carboxylic acids is 1. The lowest BCUT2D eigenvalue weighted by Crippen LogP contribution is -2.25. The third-order valence-electron chi connectivity index (χ3n) is 3.32. The Bertz CT molecular complexity index is 812. The number of hydrogen-bond acceptors (Lipinski definition) is 4. The fourth-order valence-electron chi connectivity index (χ4n) is 2.21. The average molecular weight is 346 g/mol. The maximum absolute atomic E-state index is 13.1. The van der Waals surface area contributed by atoms with Crippen LogP contribution in [0.4, 0.5) is 4.39 Å². The Labute approximate surface area is 141 Å². The summed E-state index contributed by atoms with van der Waals surface area (Å²) in [6.07, 6.45) is 0.596. The fraction of sp³-hybridized carbons (Fsp3) is 0.176. The zero-order valence-corrected chi connectivity index (χ0v) is 14.1. The summed E-state index contributed by atoms with van der Waals surface area (Å²) in [7, 11) is 0. The van der Waals surface area contributed by atoms with E-state index in [1.54, 1.807) is 17.4 Å². The van der Waals surface area contributed by atoms with Crippen LogP contribution in [0.5, 0.6) is 0 Å². The number of aryl methyl sites for hydroxylation is 1. The molecule has 0 saturated heterocycles. The lowest BCUT2D eigenvalue weighted by atomic mass is 10.1. The van der Waals surface area contributed by atoms with Gasteiger partial charge in [-0.15, -0.1) is 22.7 Å². The lowest BCUT2D eigenvalue weighted by Gasteiger charge is -2.04. The minimum atomic E-state index is -0.257. The zero-order chi connectivity index (χ0) is 16.2. The Kier molecular flexibility index (Phi) is 4.83. The minimum absolute atomic E-state index is 0.126. The van der Waals surface area contributed by atoms with Gasteiger partial charge in [0, 0.05) is 6.54 Å². The normalized spacial score (nSPS) is 10.7. The van der Waals surface area contributed by atoms with Gasteiger partial charge < -0.3 is 5.32 Å². The number of amides is 1. The highest BCUT2D eigenvalue weighted by molar-refractivity contribution is 7.22. The predicted octanol–water partition coefficient (Wildman–Crippen LogP) is 4.29. The molecule has 3 nitrogen and oxygen atoms in total. The maximum atomic E-state index is 13.1. The number of benzene rings is 1. The molecular formula is C17H15FN2OS2. The first-order valence-electron chi connectivity index (χ1n) is 7.17. The molecular weight excluding hydrogens is 331 g/mol. The van der Waals surface area contributed by atoms with Crippen LogP contribution in [-0.2, 0) is 6.42 Å². The summed E-state index contributed by atoms with van der Waals surface area (Å²) in [5.41, 5.74) is 1.60. The van der Waals surface area contributed by atoms with E-state index in [9.17, 15) is 9.18 Å². The number of halogens is 1. The smallest absolute Gasteiger partial charge is 0.263 e. The van der Waals surface area contributed by atoms with Crippen molar-refractivity contribution in [3.05, 3.63) is 63.7 Å². The third kappa shape index (κ3) is 3.83. The Morgan fingerprint density at radius 3 is 2.91 bits per heavy atom. The molecule has 1 N–H and O–H groups in total. The molecule has 0 aliphatic heterocycles. The van der Waals surface area contributed by atoms with Gasteiger partial charge in [0.15, 0.2) is 0 Å². The van der Waals surface area contributed by atoms with E-state index < -0.39 is 0 Å². The van der Waals surface area contributed by atoms with Gasteiger partial charge in [-0.25, -0.2) is 9.37 Å². The quantitative estimate of drug-likeness (QED) is 0.749. The molecule has 0 radical (unpaired) electrons. The van der Waals surface area contributed by atoms with Crippen molar-refractivity contribution in [2.24, 2.45) is 0 Å². The van der Waals surface area contributed by atoms with Gasteiger partial charge in [-0.3, -0.25) is 4.79 Å². The molecule has 0 atom stereocenters. The van der Waals surface area contributed by atoms with Crippen LogP contribution in [0.2, 0.25) is 0 Å². The summed E-state index contributed by atoms with van der Waals surface area (Å²) in [4.78, 5) is 18.5. The highest BCUT2D eigenvalue weighted by Crippen LogP contribution is 2.30. The maximum Gasteiger partial charge on any atom is 0.263 e. The number of thiophene rings is 1. The number of thiazole rings is 1. The summed E-state index contributed by atoms with van der Waals surface area (Å²) in [6, 6.07) is 10.4. The largest absolute Gasteiger partial charge is 0.351 e. The molecule has 3 aromatic rings. The summed E-state index contributed by atoms with van der Waals surface area (Å²) in [6.45, 7) is 2.31. The topological polar surface area (TPSA) is 42.0 Å². The number of hydrogen-bond donors (Lipinski definition) is 1. The summed E-state index contributed by atoms with van der Waals surface area (Å²) >= 11 is 3.01. The van der Waals surface area contributed by atoms with Gasteiger partial charge in [-0.2, -0.15) is 0 Å². The van der Waals surface area contributed by atoms with Crippen molar-refractivity contribution in [2.45, 2.75) is 13.3 Å². The molecule has 1 aromatic carbocycles. The molecule has 2 heterocycles. The van der Waals surface area contributed by atoms with Crippen molar-refractivity contribution in [1.82, 2.24) is 10.3 Å². The second-order valence-corrected chi connectivity index (χ2v) is 6.99. The van der Waals surface area contributed by atoms with Gasteiger partial charge >= 0.3 is 0 Å². The van der Waals surface area contributed by atoms with Crippen LogP contribution in [0.3, 0.4) is 0 Å². The highest BCUT2D eigenvalue weighted by atomic mass is 32.1. The van der Waals surface area contributed by atoms with E-state index in [1.807, 2.05) is 30.5 Å². The van der Waals surface area contributed by atoms with Gasteiger partial charge in [0.25, 0.3) is 5.91 Å². The second-order valence-electron chi connectivity index (χ2n) is 5.05. The van der Waals surface area contributed by atoms with Gasteiger partial charge in [0.1, 0.15) is 15.7 Å². The van der Waals surface area contributed by atoms with E-state index in [0.717, 1.165) is 21.1 Å². The van der Waals surface area contributed by atoms with Crippen molar-refractivity contribution >= 4 is 28.6 Å². The molecule has 6 heteroatoms. The monoisotopic (exact) mass is 346 g/mol.